The van der Waals surface area contributed by atoms with Gasteiger partial charge in [0.2, 0.25) is 0 Å². The first kappa shape index (κ1) is 14.3. The molecule has 2 rings (SSSR count). The van der Waals surface area contributed by atoms with E-state index >= 15 is 0 Å². The van der Waals surface area contributed by atoms with Crippen LogP contribution in [0.4, 0.5) is 0 Å². The average molecular weight is 278 g/mol. The molecule has 4 heteroatoms. The van der Waals surface area contributed by atoms with Crippen molar-refractivity contribution in [1.29, 1.82) is 0 Å². The molecule has 1 aliphatic heterocycles. The minimum absolute atomic E-state index is 0.389. The maximum atomic E-state index is 5.75. The van der Waals surface area contributed by atoms with E-state index in [1.54, 1.807) is 7.11 Å². The van der Waals surface area contributed by atoms with Crippen LogP contribution in [0.25, 0.3) is 0 Å². The Morgan fingerprint density at radius 3 is 2.74 bits per heavy atom. The van der Waals surface area contributed by atoms with Crippen LogP contribution in [0.3, 0.4) is 0 Å². The number of nitrogens with zero attached hydrogens (tertiary/aromatic N) is 1. The van der Waals surface area contributed by atoms with Gasteiger partial charge in [-0.05, 0) is 36.1 Å². The maximum absolute atomic E-state index is 5.75. The molecule has 0 aromatic heterocycles. The van der Waals surface area contributed by atoms with E-state index < -0.39 is 0 Å². The molecule has 0 amide bonds. The van der Waals surface area contributed by atoms with E-state index in [0.29, 0.717) is 10.4 Å². The summed E-state index contributed by atoms with van der Waals surface area (Å²) in [6.45, 7) is 7.88. The second-order valence-corrected chi connectivity index (χ2v) is 6.46. The van der Waals surface area contributed by atoms with Gasteiger partial charge in [0.1, 0.15) is 10.7 Å². The van der Waals surface area contributed by atoms with Crippen LogP contribution in [0, 0.1) is 5.41 Å². The molecule has 1 saturated heterocycles. The molecule has 2 N–H and O–H groups in total. The van der Waals surface area contributed by atoms with Gasteiger partial charge in [0.15, 0.2) is 0 Å². The van der Waals surface area contributed by atoms with E-state index in [1.165, 1.54) is 12.0 Å². The van der Waals surface area contributed by atoms with E-state index in [0.717, 1.165) is 30.9 Å². The SMILES string of the molecule is COc1ccc(CN2CCC(C)(C)C2)cc1C(N)=S. The Labute approximate surface area is 120 Å². The molecule has 0 radical (unpaired) electrons. The Hall–Kier alpha value is -1.13. The predicted molar refractivity (Wildman–Crippen MR) is 82.6 cm³/mol. The third-order valence-electron chi connectivity index (χ3n) is 3.69. The van der Waals surface area contributed by atoms with Gasteiger partial charge in [-0.25, -0.2) is 0 Å². The summed E-state index contributed by atoms with van der Waals surface area (Å²) in [7, 11) is 1.64. The number of rotatable bonds is 4. The summed E-state index contributed by atoms with van der Waals surface area (Å²) in [5.74, 6) is 0.748. The normalized spacial score (nSPS) is 18.5. The van der Waals surface area contributed by atoms with Crippen LogP contribution < -0.4 is 10.5 Å². The van der Waals surface area contributed by atoms with Crippen molar-refractivity contribution in [3.8, 4) is 5.75 Å². The number of hydrogen-bond acceptors (Lipinski definition) is 3. The summed E-state index contributed by atoms with van der Waals surface area (Å²) in [6, 6.07) is 6.09. The molecule has 0 bridgehead atoms. The number of thiocarbonyl (C=S) groups is 1. The first-order valence-electron chi connectivity index (χ1n) is 6.60. The van der Waals surface area contributed by atoms with Gasteiger partial charge in [0.25, 0.3) is 0 Å². The monoisotopic (exact) mass is 278 g/mol. The molecular formula is C15H22N2OS. The van der Waals surface area contributed by atoms with Gasteiger partial charge in [-0.3, -0.25) is 4.90 Å². The fourth-order valence-corrected chi connectivity index (χ4v) is 2.82. The van der Waals surface area contributed by atoms with Crippen LogP contribution in [0.2, 0.25) is 0 Å². The number of nitrogens with two attached hydrogens (primary N) is 1. The zero-order chi connectivity index (χ0) is 14.0. The predicted octanol–water partition coefficient (Wildman–Crippen LogP) is 2.56. The average Bonchev–Trinajstić information content (AvgIpc) is 2.68. The number of likely N-dealkylation sites (tertiary alicyclic amines) is 1. The molecule has 1 aliphatic rings. The second kappa shape index (κ2) is 5.47. The van der Waals surface area contributed by atoms with Crippen molar-refractivity contribution in [2.24, 2.45) is 11.1 Å². The molecule has 3 nitrogen and oxygen atoms in total. The Bertz CT molecular complexity index is 485. The van der Waals surface area contributed by atoms with Crippen LogP contribution >= 0.6 is 12.2 Å². The van der Waals surface area contributed by atoms with E-state index in [1.807, 2.05) is 12.1 Å². The van der Waals surface area contributed by atoms with Crippen LogP contribution in [-0.4, -0.2) is 30.1 Å². The maximum Gasteiger partial charge on any atom is 0.129 e. The third-order valence-corrected chi connectivity index (χ3v) is 3.91. The van der Waals surface area contributed by atoms with E-state index in [9.17, 15) is 0 Å². The number of benzene rings is 1. The Balaban J connectivity index is 2.13. The molecule has 0 spiro atoms. The molecule has 1 aromatic carbocycles. The summed E-state index contributed by atoms with van der Waals surface area (Å²) in [5, 5.41) is 0. The minimum Gasteiger partial charge on any atom is -0.496 e. The smallest absolute Gasteiger partial charge is 0.129 e. The Morgan fingerprint density at radius 1 is 1.47 bits per heavy atom. The summed E-state index contributed by atoms with van der Waals surface area (Å²) in [5.41, 5.74) is 8.24. The highest BCUT2D eigenvalue weighted by atomic mass is 32.1. The Kier molecular flexibility index (Phi) is 4.11. The van der Waals surface area contributed by atoms with Gasteiger partial charge in [0, 0.05) is 13.1 Å². The molecule has 0 atom stereocenters. The summed E-state index contributed by atoms with van der Waals surface area (Å²) < 4.78 is 5.28. The van der Waals surface area contributed by atoms with E-state index in [-0.39, 0.29) is 0 Å². The van der Waals surface area contributed by atoms with Crippen molar-refractivity contribution < 1.29 is 4.74 Å². The molecule has 0 unspecified atom stereocenters. The fraction of sp³-hybridized carbons (Fsp3) is 0.533. The minimum atomic E-state index is 0.389. The molecule has 0 aliphatic carbocycles. The van der Waals surface area contributed by atoms with Gasteiger partial charge in [-0.1, -0.05) is 32.1 Å². The quantitative estimate of drug-likeness (QED) is 0.859. The van der Waals surface area contributed by atoms with Crippen LogP contribution in [0.1, 0.15) is 31.4 Å². The van der Waals surface area contributed by atoms with E-state index in [4.69, 9.17) is 22.7 Å². The van der Waals surface area contributed by atoms with Crippen molar-refractivity contribution >= 4 is 17.2 Å². The van der Waals surface area contributed by atoms with Crippen LogP contribution in [-0.2, 0) is 6.54 Å². The van der Waals surface area contributed by atoms with E-state index in [2.05, 4.69) is 24.8 Å². The molecular weight excluding hydrogens is 256 g/mol. The lowest BCUT2D eigenvalue weighted by Crippen LogP contribution is -2.23. The van der Waals surface area contributed by atoms with Crippen molar-refractivity contribution in [2.45, 2.75) is 26.8 Å². The summed E-state index contributed by atoms with van der Waals surface area (Å²) >= 11 is 5.08. The standard InChI is InChI=1S/C15H22N2OS/c1-15(2)6-7-17(10-15)9-11-4-5-13(18-3)12(8-11)14(16)19/h4-5,8H,6-7,9-10H2,1-3H3,(H2,16,19). The largest absolute Gasteiger partial charge is 0.496 e. The fourth-order valence-electron chi connectivity index (χ4n) is 2.66. The number of methoxy groups -OCH3 is 1. The van der Waals surface area contributed by atoms with Crippen LogP contribution in [0.5, 0.6) is 5.75 Å². The summed E-state index contributed by atoms with van der Waals surface area (Å²) in [6.07, 6.45) is 1.26. The number of ether oxygens (including phenoxy) is 1. The molecule has 0 saturated carbocycles. The van der Waals surface area contributed by atoms with Crippen molar-refractivity contribution in [3.05, 3.63) is 29.3 Å². The zero-order valence-electron chi connectivity index (χ0n) is 11.9. The van der Waals surface area contributed by atoms with Crippen molar-refractivity contribution in [1.82, 2.24) is 4.90 Å². The lowest BCUT2D eigenvalue weighted by molar-refractivity contribution is 0.284. The van der Waals surface area contributed by atoms with Gasteiger partial charge in [-0.15, -0.1) is 0 Å². The Morgan fingerprint density at radius 2 is 2.21 bits per heavy atom. The van der Waals surface area contributed by atoms with Crippen molar-refractivity contribution in [2.75, 3.05) is 20.2 Å². The van der Waals surface area contributed by atoms with Gasteiger partial charge < -0.3 is 10.5 Å². The first-order chi connectivity index (χ1) is 8.91. The van der Waals surface area contributed by atoms with Gasteiger partial charge >= 0.3 is 0 Å². The molecule has 1 heterocycles. The van der Waals surface area contributed by atoms with Crippen molar-refractivity contribution in [3.63, 3.8) is 0 Å². The van der Waals surface area contributed by atoms with Gasteiger partial charge in [-0.2, -0.15) is 0 Å². The lowest BCUT2D eigenvalue weighted by atomic mass is 9.93. The lowest BCUT2D eigenvalue weighted by Gasteiger charge is -2.20. The van der Waals surface area contributed by atoms with Crippen LogP contribution in [0.15, 0.2) is 18.2 Å². The van der Waals surface area contributed by atoms with Gasteiger partial charge in [0.05, 0.1) is 12.7 Å². The highest BCUT2D eigenvalue weighted by Gasteiger charge is 2.28. The summed E-state index contributed by atoms with van der Waals surface area (Å²) in [4.78, 5) is 2.87. The zero-order valence-corrected chi connectivity index (χ0v) is 12.7. The topological polar surface area (TPSA) is 38.5 Å². The molecule has 1 aromatic rings. The second-order valence-electron chi connectivity index (χ2n) is 6.02. The molecule has 104 valence electrons. The first-order valence-corrected chi connectivity index (χ1v) is 7.01. The molecule has 19 heavy (non-hydrogen) atoms. The molecule has 1 fully saturated rings. The highest BCUT2D eigenvalue weighted by Crippen LogP contribution is 2.30. The highest BCUT2D eigenvalue weighted by molar-refractivity contribution is 7.80. The number of hydrogen-bond donors (Lipinski definition) is 1. The third kappa shape index (κ3) is 3.45.